The van der Waals surface area contributed by atoms with Crippen molar-refractivity contribution in [1.29, 1.82) is 0 Å². The number of aromatic nitrogens is 1. The van der Waals surface area contributed by atoms with Crippen molar-refractivity contribution < 1.29 is 0 Å². The van der Waals surface area contributed by atoms with Gasteiger partial charge >= 0.3 is 0 Å². The summed E-state index contributed by atoms with van der Waals surface area (Å²) in [5, 5.41) is 3.61. The van der Waals surface area contributed by atoms with Crippen LogP contribution in [0.4, 0.5) is 0 Å². The van der Waals surface area contributed by atoms with E-state index in [2.05, 4.69) is 212 Å². The van der Waals surface area contributed by atoms with Gasteiger partial charge in [0.25, 0.3) is 0 Å². The first-order chi connectivity index (χ1) is 28.3. The number of pyridine rings is 1. The second-order valence-corrected chi connectivity index (χ2v) is 15.4. The van der Waals surface area contributed by atoms with Crippen LogP contribution in [-0.2, 0) is 5.41 Å². The second kappa shape index (κ2) is 12.3. The summed E-state index contributed by atoms with van der Waals surface area (Å²) in [6.45, 7) is 0. The molecule has 1 aromatic heterocycles. The highest BCUT2D eigenvalue weighted by Gasteiger charge is 2.52. The molecule has 0 radical (unpaired) electrons. The molecule has 0 amide bonds. The van der Waals surface area contributed by atoms with Crippen molar-refractivity contribution in [2.24, 2.45) is 0 Å². The average molecular weight is 722 g/mol. The Bertz CT molecular complexity index is 3130. The van der Waals surface area contributed by atoms with E-state index in [0.717, 1.165) is 22.3 Å². The third kappa shape index (κ3) is 4.60. The Morgan fingerprint density at radius 3 is 1.42 bits per heavy atom. The molecule has 0 bridgehead atoms. The summed E-state index contributed by atoms with van der Waals surface area (Å²) in [4.78, 5) is 5.48. The van der Waals surface area contributed by atoms with Crippen molar-refractivity contribution in [3.05, 3.63) is 235 Å². The average Bonchev–Trinajstić information content (AvgIpc) is 3.77. The zero-order valence-electron chi connectivity index (χ0n) is 31.2. The van der Waals surface area contributed by atoms with Gasteiger partial charge in [-0.1, -0.05) is 182 Å². The third-order valence-corrected chi connectivity index (χ3v) is 12.4. The van der Waals surface area contributed by atoms with Crippen molar-refractivity contribution in [2.75, 3.05) is 0 Å². The summed E-state index contributed by atoms with van der Waals surface area (Å²) in [5.41, 5.74) is 20.5. The van der Waals surface area contributed by atoms with Gasteiger partial charge in [0.05, 0.1) is 16.6 Å². The standard InChI is InChI=1S/C56H35N/c1-3-16-36(17-4-1)40-33-41(37-18-5-2-6-19-37)35-42(34-40)38-20-15-21-39(32-38)55-47-30-31-51-54(53(47)46-25-10-14-29-52(46)57-55)45-24-9-13-28-50(45)56(51)48-26-11-7-22-43(48)44-23-8-12-27-49(44)56/h1-35H. The Balaban J connectivity index is 1.11. The van der Waals surface area contributed by atoms with Gasteiger partial charge in [0, 0.05) is 21.7 Å². The molecule has 0 atom stereocenters. The minimum atomic E-state index is -0.405. The normalized spacial score (nSPS) is 13.1. The summed E-state index contributed by atoms with van der Waals surface area (Å²) in [6.07, 6.45) is 0. The molecule has 264 valence electrons. The molecule has 0 saturated heterocycles. The van der Waals surface area contributed by atoms with E-state index in [1.807, 2.05) is 0 Å². The molecule has 12 rings (SSSR count). The van der Waals surface area contributed by atoms with Crippen LogP contribution in [0.25, 0.3) is 88.6 Å². The minimum Gasteiger partial charge on any atom is -0.247 e. The Morgan fingerprint density at radius 2 is 0.772 bits per heavy atom. The topological polar surface area (TPSA) is 12.9 Å². The number of hydrogen-bond donors (Lipinski definition) is 0. The van der Waals surface area contributed by atoms with Crippen LogP contribution in [0.1, 0.15) is 22.3 Å². The molecule has 2 aliphatic rings. The zero-order chi connectivity index (χ0) is 37.5. The van der Waals surface area contributed by atoms with Gasteiger partial charge in [-0.15, -0.1) is 0 Å². The molecule has 10 aromatic rings. The van der Waals surface area contributed by atoms with E-state index < -0.39 is 5.41 Å². The van der Waals surface area contributed by atoms with Gasteiger partial charge in [0.15, 0.2) is 0 Å². The summed E-state index contributed by atoms with van der Waals surface area (Å²) < 4.78 is 0. The van der Waals surface area contributed by atoms with Crippen LogP contribution in [0.5, 0.6) is 0 Å². The Labute approximate surface area is 332 Å². The lowest BCUT2D eigenvalue weighted by atomic mass is 9.70. The molecule has 0 unspecified atom stereocenters. The largest absolute Gasteiger partial charge is 0.247 e. The lowest BCUT2D eigenvalue weighted by molar-refractivity contribution is 0.794. The molecule has 1 nitrogen and oxygen atoms in total. The van der Waals surface area contributed by atoms with Crippen LogP contribution < -0.4 is 0 Å². The lowest BCUT2D eigenvalue weighted by Gasteiger charge is -2.30. The summed E-state index contributed by atoms with van der Waals surface area (Å²) >= 11 is 0. The predicted octanol–water partition coefficient (Wildman–Crippen LogP) is 14.4. The molecule has 0 aliphatic heterocycles. The molecule has 0 N–H and O–H groups in total. The molecule has 1 heterocycles. The molecule has 2 aliphatic carbocycles. The smallest absolute Gasteiger partial charge is 0.0788 e. The number of fused-ring (bicyclic) bond motifs is 14. The molecule has 9 aromatic carbocycles. The summed E-state index contributed by atoms with van der Waals surface area (Å²) in [5.74, 6) is 0. The number of para-hydroxylation sites is 1. The molecule has 0 fully saturated rings. The van der Waals surface area contributed by atoms with Gasteiger partial charge in [-0.25, -0.2) is 4.98 Å². The maximum absolute atomic E-state index is 5.48. The second-order valence-electron chi connectivity index (χ2n) is 15.4. The van der Waals surface area contributed by atoms with Crippen molar-refractivity contribution in [1.82, 2.24) is 4.98 Å². The Hall–Kier alpha value is -7.35. The molecule has 0 saturated carbocycles. The van der Waals surface area contributed by atoms with E-state index in [-0.39, 0.29) is 0 Å². The van der Waals surface area contributed by atoms with Crippen molar-refractivity contribution in [3.8, 4) is 66.9 Å². The van der Waals surface area contributed by atoms with Crippen LogP contribution in [0.2, 0.25) is 0 Å². The Morgan fingerprint density at radius 1 is 0.298 bits per heavy atom. The fourth-order valence-electron chi connectivity index (χ4n) is 10.1. The van der Waals surface area contributed by atoms with E-state index in [9.17, 15) is 0 Å². The maximum Gasteiger partial charge on any atom is 0.0788 e. The van der Waals surface area contributed by atoms with Gasteiger partial charge in [-0.05, 0) is 108 Å². The fourth-order valence-corrected chi connectivity index (χ4v) is 10.1. The van der Waals surface area contributed by atoms with E-state index in [1.54, 1.807) is 0 Å². The quantitative estimate of drug-likeness (QED) is 0.165. The van der Waals surface area contributed by atoms with E-state index >= 15 is 0 Å². The summed E-state index contributed by atoms with van der Waals surface area (Å²) in [6, 6.07) is 78.0. The molecule has 57 heavy (non-hydrogen) atoms. The van der Waals surface area contributed by atoms with Crippen LogP contribution >= 0.6 is 0 Å². The molecule has 1 spiro atoms. The van der Waals surface area contributed by atoms with Crippen LogP contribution in [0.3, 0.4) is 0 Å². The lowest BCUT2D eigenvalue weighted by Crippen LogP contribution is -2.25. The van der Waals surface area contributed by atoms with Gasteiger partial charge < -0.3 is 0 Å². The van der Waals surface area contributed by atoms with Gasteiger partial charge in [0.1, 0.15) is 0 Å². The number of benzene rings is 9. The van der Waals surface area contributed by atoms with Crippen molar-refractivity contribution in [3.63, 3.8) is 0 Å². The molecular formula is C56H35N. The first kappa shape index (κ1) is 31.9. The van der Waals surface area contributed by atoms with E-state index in [0.29, 0.717) is 0 Å². The first-order valence-corrected chi connectivity index (χ1v) is 19.8. The number of rotatable bonds is 4. The van der Waals surface area contributed by atoms with Gasteiger partial charge in [0.2, 0.25) is 0 Å². The fraction of sp³-hybridized carbons (Fsp3) is 0.0179. The summed E-state index contributed by atoms with van der Waals surface area (Å²) in [7, 11) is 0. The number of hydrogen-bond acceptors (Lipinski definition) is 1. The first-order valence-electron chi connectivity index (χ1n) is 19.8. The van der Waals surface area contributed by atoms with Crippen LogP contribution in [-0.4, -0.2) is 4.98 Å². The monoisotopic (exact) mass is 721 g/mol. The highest BCUT2D eigenvalue weighted by atomic mass is 14.7. The number of nitrogens with zero attached hydrogens (tertiary/aromatic N) is 1. The zero-order valence-corrected chi connectivity index (χ0v) is 31.2. The van der Waals surface area contributed by atoms with E-state index in [1.165, 1.54) is 88.5 Å². The third-order valence-electron chi connectivity index (χ3n) is 12.4. The van der Waals surface area contributed by atoms with Gasteiger partial charge in [-0.3, -0.25) is 0 Å². The maximum atomic E-state index is 5.48. The van der Waals surface area contributed by atoms with Gasteiger partial charge in [-0.2, -0.15) is 0 Å². The van der Waals surface area contributed by atoms with Crippen molar-refractivity contribution >= 4 is 21.7 Å². The van der Waals surface area contributed by atoms with Crippen molar-refractivity contribution in [2.45, 2.75) is 5.41 Å². The highest BCUT2D eigenvalue weighted by molar-refractivity contribution is 6.20. The highest BCUT2D eigenvalue weighted by Crippen LogP contribution is 2.64. The predicted molar refractivity (Wildman–Crippen MR) is 237 cm³/mol. The van der Waals surface area contributed by atoms with Crippen LogP contribution in [0.15, 0.2) is 212 Å². The molecule has 1 heteroatoms. The SMILES string of the molecule is c1ccc(-c2cc(-c3ccccc3)cc(-c3cccc(-c4nc5ccccc5c5c6c(ccc45)C4(c5ccccc5-c5ccccc54)c4ccccc4-6)c3)c2)cc1. The minimum absolute atomic E-state index is 0.405. The van der Waals surface area contributed by atoms with Crippen LogP contribution in [0, 0.1) is 0 Å². The van der Waals surface area contributed by atoms with E-state index in [4.69, 9.17) is 4.98 Å². The molecular weight excluding hydrogens is 687 g/mol. The Kier molecular flexibility index (Phi) is 6.91.